The van der Waals surface area contributed by atoms with E-state index < -0.39 is 10.0 Å². The maximum absolute atomic E-state index is 12.9. The van der Waals surface area contributed by atoms with Crippen molar-refractivity contribution < 1.29 is 13.2 Å². The number of anilines is 2. The van der Waals surface area contributed by atoms with Gasteiger partial charge in [0.1, 0.15) is 0 Å². The lowest BCUT2D eigenvalue weighted by atomic mass is 10.1. The molecular weight excluding hydrogens is 404 g/mol. The van der Waals surface area contributed by atoms with Crippen LogP contribution in [0.4, 0.5) is 11.4 Å². The lowest BCUT2D eigenvalue weighted by Gasteiger charge is -2.13. The van der Waals surface area contributed by atoms with Crippen molar-refractivity contribution in [3.8, 4) is 0 Å². The lowest BCUT2D eigenvalue weighted by molar-refractivity contribution is 0.102. The highest BCUT2D eigenvalue weighted by atomic mass is 32.2. The molecule has 1 amide bonds. The first-order valence-electron chi connectivity index (χ1n) is 8.94. The van der Waals surface area contributed by atoms with Crippen LogP contribution in [0, 0.1) is 13.8 Å². The molecule has 150 valence electrons. The van der Waals surface area contributed by atoms with Gasteiger partial charge < -0.3 is 5.32 Å². The summed E-state index contributed by atoms with van der Waals surface area (Å²) >= 11 is 1.58. The Hall–Kier alpha value is -2.77. The molecule has 0 aliphatic heterocycles. The smallest absolute Gasteiger partial charge is 0.262 e. The van der Waals surface area contributed by atoms with Gasteiger partial charge in [0.05, 0.1) is 10.6 Å². The average Bonchev–Trinajstić information content (AvgIpc) is 2.70. The molecule has 29 heavy (non-hydrogen) atoms. The second-order valence-corrected chi connectivity index (χ2v) is 9.12. The minimum absolute atomic E-state index is 0.0752. The second-order valence-electron chi connectivity index (χ2n) is 6.59. The van der Waals surface area contributed by atoms with Gasteiger partial charge in [0.25, 0.3) is 15.9 Å². The van der Waals surface area contributed by atoms with Crippen LogP contribution in [0.2, 0.25) is 0 Å². The standard InChI is InChI=1S/C22H22N2O3S2/c1-15-7-4-5-10-20(15)24-29(26,27)21-13-17(12-11-16(21)2)22(25)23-18-8-6-9-19(14-18)28-3/h4-14,24H,1-3H3,(H,23,25). The number of aryl methyl sites for hydroxylation is 2. The van der Waals surface area contributed by atoms with Crippen molar-refractivity contribution in [1.29, 1.82) is 0 Å². The van der Waals surface area contributed by atoms with E-state index in [0.29, 0.717) is 16.9 Å². The number of para-hydroxylation sites is 1. The zero-order chi connectivity index (χ0) is 21.0. The lowest BCUT2D eigenvalue weighted by Crippen LogP contribution is -2.17. The Kier molecular flexibility index (Phi) is 6.30. The molecule has 3 rings (SSSR count). The molecule has 0 aliphatic rings. The molecule has 0 bridgehead atoms. The Morgan fingerprint density at radius 1 is 0.897 bits per heavy atom. The number of nitrogens with one attached hydrogen (secondary N) is 2. The Morgan fingerprint density at radius 2 is 1.66 bits per heavy atom. The van der Waals surface area contributed by atoms with Crippen LogP contribution in [0.15, 0.2) is 76.5 Å². The number of sulfonamides is 1. The summed E-state index contributed by atoms with van der Waals surface area (Å²) in [5, 5.41) is 2.82. The molecule has 5 nitrogen and oxygen atoms in total. The largest absolute Gasteiger partial charge is 0.322 e. The SMILES string of the molecule is CSc1cccc(NC(=O)c2ccc(C)c(S(=O)(=O)Nc3ccccc3C)c2)c1. The molecule has 0 saturated heterocycles. The van der Waals surface area contributed by atoms with Crippen LogP contribution >= 0.6 is 11.8 Å². The average molecular weight is 427 g/mol. The summed E-state index contributed by atoms with van der Waals surface area (Å²) in [6, 6.07) is 19.3. The minimum Gasteiger partial charge on any atom is -0.322 e. The van der Waals surface area contributed by atoms with E-state index in [-0.39, 0.29) is 16.4 Å². The van der Waals surface area contributed by atoms with Crippen molar-refractivity contribution in [2.24, 2.45) is 0 Å². The normalized spacial score (nSPS) is 11.1. The molecule has 3 aromatic rings. The molecule has 0 unspecified atom stereocenters. The van der Waals surface area contributed by atoms with Gasteiger partial charge in [-0.05, 0) is 67.6 Å². The summed E-state index contributed by atoms with van der Waals surface area (Å²) in [5.74, 6) is -0.365. The molecule has 0 fully saturated rings. The van der Waals surface area contributed by atoms with Crippen LogP contribution in [-0.4, -0.2) is 20.6 Å². The summed E-state index contributed by atoms with van der Waals surface area (Å²) in [5.41, 5.74) is 2.82. The fraction of sp³-hybridized carbons (Fsp3) is 0.136. The van der Waals surface area contributed by atoms with Gasteiger partial charge in [0.15, 0.2) is 0 Å². The van der Waals surface area contributed by atoms with E-state index in [0.717, 1.165) is 10.5 Å². The van der Waals surface area contributed by atoms with E-state index in [1.807, 2.05) is 43.5 Å². The molecule has 7 heteroatoms. The molecule has 0 atom stereocenters. The molecule has 0 radical (unpaired) electrons. The van der Waals surface area contributed by atoms with Gasteiger partial charge in [0, 0.05) is 16.1 Å². The highest BCUT2D eigenvalue weighted by Crippen LogP contribution is 2.24. The zero-order valence-electron chi connectivity index (χ0n) is 16.4. The van der Waals surface area contributed by atoms with Gasteiger partial charge in [-0.2, -0.15) is 0 Å². The Labute approximate surface area is 175 Å². The number of hydrogen-bond donors (Lipinski definition) is 2. The summed E-state index contributed by atoms with van der Waals surface area (Å²) in [4.78, 5) is 13.8. The van der Waals surface area contributed by atoms with Crippen LogP contribution in [0.3, 0.4) is 0 Å². The van der Waals surface area contributed by atoms with Crippen molar-refractivity contribution in [2.75, 3.05) is 16.3 Å². The number of carbonyl (C=O) groups excluding carboxylic acids is 1. The Bertz CT molecular complexity index is 1160. The number of benzene rings is 3. The molecule has 0 aromatic heterocycles. The second kappa shape index (κ2) is 8.71. The zero-order valence-corrected chi connectivity index (χ0v) is 18.0. The first kappa shape index (κ1) is 21.0. The van der Waals surface area contributed by atoms with Crippen LogP contribution in [0.25, 0.3) is 0 Å². The number of amides is 1. The van der Waals surface area contributed by atoms with E-state index in [4.69, 9.17) is 0 Å². The van der Waals surface area contributed by atoms with Gasteiger partial charge in [-0.3, -0.25) is 9.52 Å². The third-order valence-electron chi connectivity index (χ3n) is 4.46. The summed E-state index contributed by atoms with van der Waals surface area (Å²) in [7, 11) is -3.84. The molecule has 3 aromatic carbocycles. The van der Waals surface area contributed by atoms with Gasteiger partial charge in [-0.25, -0.2) is 8.42 Å². The fourth-order valence-corrected chi connectivity index (χ4v) is 4.68. The predicted octanol–water partition coefficient (Wildman–Crippen LogP) is 5.08. The van der Waals surface area contributed by atoms with E-state index in [9.17, 15) is 13.2 Å². The molecule has 0 spiro atoms. The van der Waals surface area contributed by atoms with Crippen molar-refractivity contribution in [3.63, 3.8) is 0 Å². The Balaban J connectivity index is 1.89. The third kappa shape index (κ3) is 4.99. The van der Waals surface area contributed by atoms with E-state index in [2.05, 4.69) is 10.0 Å². The molecular formula is C22H22N2O3S2. The number of carbonyl (C=O) groups is 1. The van der Waals surface area contributed by atoms with Gasteiger partial charge in [-0.1, -0.05) is 30.3 Å². The van der Waals surface area contributed by atoms with Gasteiger partial charge in [0.2, 0.25) is 0 Å². The monoisotopic (exact) mass is 426 g/mol. The number of hydrogen-bond acceptors (Lipinski definition) is 4. The van der Waals surface area contributed by atoms with Gasteiger partial charge >= 0.3 is 0 Å². The summed E-state index contributed by atoms with van der Waals surface area (Å²) in [6.45, 7) is 3.54. The van der Waals surface area contributed by atoms with Gasteiger partial charge in [-0.15, -0.1) is 11.8 Å². The number of rotatable bonds is 6. The summed E-state index contributed by atoms with van der Waals surface area (Å²) < 4.78 is 28.5. The van der Waals surface area contributed by atoms with Crippen molar-refractivity contribution >= 4 is 39.1 Å². The van der Waals surface area contributed by atoms with E-state index in [1.54, 1.807) is 49.0 Å². The van der Waals surface area contributed by atoms with Crippen LogP contribution in [0.1, 0.15) is 21.5 Å². The number of thioether (sulfide) groups is 1. The third-order valence-corrected chi connectivity index (χ3v) is 6.69. The topological polar surface area (TPSA) is 75.3 Å². The van der Waals surface area contributed by atoms with Crippen LogP contribution < -0.4 is 10.0 Å². The first-order valence-corrected chi connectivity index (χ1v) is 11.7. The van der Waals surface area contributed by atoms with Crippen LogP contribution in [-0.2, 0) is 10.0 Å². The Morgan fingerprint density at radius 3 is 2.38 bits per heavy atom. The summed E-state index contributed by atoms with van der Waals surface area (Å²) in [6.07, 6.45) is 1.96. The quantitative estimate of drug-likeness (QED) is 0.539. The minimum atomic E-state index is -3.84. The first-order chi connectivity index (χ1) is 13.8. The molecule has 0 saturated carbocycles. The van der Waals surface area contributed by atoms with Crippen molar-refractivity contribution in [3.05, 3.63) is 83.4 Å². The van der Waals surface area contributed by atoms with E-state index >= 15 is 0 Å². The molecule has 2 N–H and O–H groups in total. The van der Waals surface area contributed by atoms with Crippen molar-refractivity contribution in [2.45, 2.75) is 23.6 Å². The highest BCUT2D eigenvalue weighted by molar-refractivity contribution is 7.98. The fourth-order valence-electron chi connectivity index (χ4n) is 2.82. The molecule has 0 heterocycles. The predicted molar refractivity (Wildman–Crippen MR) is 119 cm³/mol. The van der Waals surface area contributed by atoms with Crippen LogP contribution in [0.5, 0.6) is 0 Å². The maximum atomic E-state index is 12.9. The van der Waals surface area contributed by atoms with E-state index in [1.165, 1.54) is 6.07 Å². The molecule has 0 aliphatic carbocycles. The maximum Gasteiger partial charge on any atom is 0.262 e. The van der Waals surface area contributed by atoms with Crippen molar-refractivity contribution in [1.82, 2.24) is 0 Å². The highest BCUT2D eigenvalue weighted by Gasteiger charge is 2.20.